The number of nitrogens with two attached hydrogens (primary N) is 1. The predicted molar refractivity (Wildman–Crippen MR) is 89.4 cm³/mol. The standard InChI is InChI=1S/C16H19N7O/c1-2-23-14-12(20-16(23)17)6-9(7-18-14)15(24)19-8-13-10-4-3-5-11(10)21-22-13/h6-7H,2-5,8H2,1H3,(H2,17,20)(H,19,24)(H,21,22). The average molecular weight is 325 g/mol. The number of hydrogen-bond acceptors (Lipinski definition) is 5. The summed E-state index contributed by atoms with van der Waals surface area (Å²) in [6.45, 7) is 3.07. The van der Waals surface area contributed by atoms with E-state index in [1.807, 2.05) is 11.5 Å². The number of H-pyrrole nitrogens is 1. The van der Waals surface area contributed by atoms with Gasteiger partial charge in [-0.2, -0.15) is 5.10 Å². The smallest absolute Gasteiger partial charge is 0.253 e. The van der Waals surface area contributed by atoms with E-state index in [1.165, 1.54) is 11.3 Å². The van der Waals surface area contributed by atoms with Crippen molar-refractivity contribution in [1.82, 2.24) is 30.0 Å². The molecule has 3 aromatic rings. The fraction of sp³-hybridized carbons (Fsp3) is 0.375. The second kappa shape index (κ2) is 5.63. The van der Waals surface area contributed by atoms with Gasteiger partial charge in [0.15, 0.2) is 5.65 Å². The average Bonchev–Trinajstić information content (AvgIpc) is 3.25. The molecule has 0 fully saturated rings. The summed E-state index contributed by atoms with van der Waals surface area (Å²) in [7, 11) is 0. The van der Waals surface area contributed by atoms with E-state index in [4.69, 9.17) is 5.73 Å². The van der Waals surface area contributed by atoms with E-state index in [2.05, 4.69) is 25.5 Å². The molecule has 4 rings (SSSR count). The topological polar surface area (TPSA) is 115 Å². The van der Waals surface area contributed by atoms with E-state index in [0.29, 0.717) is 35.8 Å². The molecule has 1 aliphatic carbocycles. The fourth-order valence-electron chi connectivity index (χ4n) is 3.26. The minimum absolute atomic E-state index is 0.191. The highest BCUT2D eigenvalue weighted by Crippen LogP contribution is 2.22. The summed E-state index contributed by atoms with van der Waals surface area (Å²) in [5.74, 6) is 0.216. The summed E-state index contributed by atoms with van der Waals surface area (Å²) in [5.41, 5.74) is 11.0. The van der Waals surface area contributed by atoms with Gasteiger partial charge in [-0.05, 0) is 37.8 Å². The monoisotopic (exact) mass is 325 g/mol. The molecule has 0 aromatic carbocycles. The molecule has 3 heterocycles. The molecule has 124 valence electrons. The SMILES string of the molecule is CCn1c(N)nc2cc(C(=O)NCc3n[nH]c4c3CCC4)cnc21. The lowest BCUT2D eigenvalue weighted by Crippen LogP contribution is -2.23. The quantitative estimate of drug-likeness (QED) is 0.666. The van der Waals surface area contributed by atoms with Gasteiger partial charge in [0.05, 0.1) is 17.8 Å². The first-order valence-electron chi connectivity index (χ1n) is 8.12. The Hall–Kier alpha value is -2.90. The number of aromatic nitrogens is 5. The number of anilines is 1. The first-order chi connectivity index (χ1) is 11.7. The van der Waals surface area contributed by atoms with Crippen molar-refractivity contribution in [3.63, 3.8) is 0 Å². The van der Waals surface area contributed by atoms with Crippen molar-refractivity contribution in [3.05, 3.63) is 34.8 Å². The molecule has 8 heteroatoms. The third-order valence-corrected chi connectivity index (χ3v) is 4.50. The predicted octanol–water partition coefficient (Wildman–Crippen LogP) is 1.18. The number of pyridine rings is 1. The van der Waals surface area contributed by atoms with Crippen LogP contribution in [0, 0.1) is 0 Å². The number of nitrogens with one attached hydrogen (secondary N) is 2. The second-order valence-corrected chi connectivity index (χ2v) is 5.94. The molecule has 1 amide bonds. The highest BCUT2D eigenvalue weighted by atomic mass is 16.1. The van der Waals surface area contributed by atoms with Gasteiger partial charge in [-0.1, -0.05) is 0 Å². The molecule has 0 spiro atoms. The molecule has 0 unspecified atom stereocenters. The molecule has 3 aromatic heterocycles. The first kappa shape index (κ1) is 14.7. The van der Waals surface area contributed by atoms with Crippen LogP contribution in [-0.4, -0.2) is 30.6 Å². The van der Waals surface area contributed by atoms with Crippen LogP contribution in [0.25, 0.3) is 11.2 Å². The van der Waals surface area contributed by atoms with Crippen LogP contribution in [0.3, 0.4) is 0 Å². The van der Waals surface area contributed by atoms with Crippen molar-refractivity contribution < 1.29 is 4.79 Å². The van der Waals surface area contributed by atoms with E-state index < -0.39 is 0 Å². The van der Waals surface area contributed by atoms with Crippen molar-refractivity contribution in [1.29, 1.82) is 0 Å². The summed E-state index contributed by atoms with van der Waals surface area (Å²) in [6, 6.07) is 1.72. The van der Waals surface area contributed by atoms with Crippen LogP contribution in [0.4, 0.5) is 5.95 Å². The van der Waals surface area contributed by atoms with Crippen LogP contribution in [0.15, 0.2) is 12.3 Å². The van der Waals surface area contributed by atoms with Crippen molar-refractivity contribution in [2.75, 3.05) is 5.73 Å². The highest BCUT2D eigenvalue weighted by Gasteiger charge is 2.19. The molecule has 8 nitrogen and oxygen atoms in total. The number of hydrogen-bond donors (Lipinski definition) is 3. The number of fused-ring (bicyclic) bond motifs is 2. The molecule has 0 saturated heterocycles. The maximum atomic E-state index is 12.4. The summed E-state index contributed by atoms with van der Waals surface area (Å²) < 4.78 is 1.81. The Morgan fingerprint density at radius 1 is 1.46 bits per heavy atom. The van der Waals surface area contributed by atoms with Gasteiger partial charge in [0.1, 0.15) is 5.52 Å². The van der Waals surface area contributed by atoms with Crippen LogP contribution in [0.2, 0.25) is 0 Å². The Bertz CT molecular complexity index is 924. The van der Waals surface area contributed by atoms with Crippen LogP contribution in [0.5, 0.6) is 0 Å². The zero-order valence-electron chi connectivity index (χ0n) is 13.5. The Morgan fingerprint density at radius 3 is 3.17 bits per heavy atom. The zero-order valence-corrected chi connectivity index (χ0v) is 13.5. The molecule has 0 bridgehead atoms. The lowest BCUT2D eigenvalue weighted by atomic mass is 10.2. The van der Waals surface area contributed by atoms with Gasteiger partial charge in [-0.25, -0.2) is 9.97 Å². The van der Waals surface area contributed by atoms with Crippen molar-refractivity contribution in [2.45, 2.75) is 39.3 Å². The molecule has 4 N–H and O–H groups in total. The minimum Gasteiger partial charge on any atom is -0.369 e. The summed E-state index contributed by atoms with van der Waals surface area (Å²) in [5, 5.41) is 10.2. The molecule has 1 aliphatic rings. The first-order valence-corrected chi connectivity index (χ1v) is 8.12. The number of carbonyl (C=O) groups excluding carboxylic acids is 1. The van der Waals surface area contributed by atoms with E-state index >= 15 is 0 Å². The molecule has 0 aliphatic heterocycles. The molecular weight excluding hydrogens is 306 g/mol. The maximum absolute atomic E-state index is 12.4. The molecular formula is C16H19N7O. The van der Waals surface area contributed by atoms with Gasteiger partial charge in [0.25, 0.3) is 5.91 Å². The van der Waals surface area contributed by atoms with Gasteiger partial charge in [0, 0.05) is 18.4 Å². The number of nitrogens with zero attached hydrogens (tertiary/aromatic N) is 4. The van der Waals surface area contributed by atoms with Gasteiger partial charge in [-0.3, -0.25) is 14.5 Å². The lowest BCUT2D eigenvalue weighted by Gasteiger charge is -2.05. The number of amides is 1. The van der Waals surface area contributed by atoms with E-state index in [9.17, 15) is 4.79 Å². The number of imidazole rings is 1. The van der Waals surface area contributed by atoms with Gasteiger partial charge in [0.2, 0.25) is 5.95 Å². The number of nitrogen functional groups attached to an aromatic ring is 1. The second-order valence-electron chi connectivity index (χ2n) is 5.94. The largest absolute Gasteiger partial charge is 0.369 e. The van der Waals surface area contributed by atoms with Gasteiger partial charge in [-0.15, -0.1) is 0 Å². The van der Waals surface area contributed by atoms with Crippen LogP contribution >= 0.6 is 0 Å². The number of carbonyl (C=O) groups is 1. The van der Waals surface area contributed by atoms with Crippen LogP contribution in [-0.2, 0) is 25.9 Å². The molecule has 0 radical (unpaired) electrons. The summed E-state index contributed by atoms with van der Waals surface area (Å²) in [4.78, 5) is 21.0. The van der Waals surface area contributed by atoms with Crippen LogP contribution < -0.4 is 11.1 Å². The Morgan fingerprint density at radius 2 is 2.33 bits per heavy atom. The van der Waals surface area contributed by atoms with Gasteiger partial charge >= 0.3 is 0 Å². The molecule has 24 heavy (non-hydrogen) atoms. The van der Waals surface area contributed by atoms with Crippen LogP contribution in [0.1, 0.15) is 40.7 Å². The number of aryl methyl sites for hydroxylation is 2. The third kappa shape index (κ3) is 2.31. The maximum Gasteiger partial charge on any atom is 0.253 e. The summed E-state index contributed by atoms with van der Waals surface area (Å²) >= 11 is 0. The van der Waals surface area contributed by atoms with E-state index in [0.717, 1.165) is 25.0 Å². The summed E-state index contributed by atoms with van der Waals surface area (Å²) in [6.07, 6.45) is 4.77. The van der Waals surface area contributed by atoms with Gasteiger partial charge < -0.3 is 11.1 Å². The van der Waals surface area contributed by atoms with Crippen molar-refractivity contribution in [2.24, 2.45) is 0 Å². The van der Waals surface area contributed by atoms with E-state index in [-0.39, 0.29) is 5.91 Å². The lowest BCUT2D eigenvalue weighted by molar-refractivity contribution is 0.0950. The number of aromatic amines is 1. The van der Waals surface area contributed by atoms with Crippen molar-refractivity contribution in [3.8, 4) is 0 Å². The Labute approximate surface area is 138 Å². The van der Waals surface area contributed by atoms with E-state index in [1.54, 1.807) is 12.3 Å². The molecule has 0 atom stereocenters. The zero-order chi connectivity index (χ0) is 16.7. The minimum atomic E-state index is -0.191. The normalized spacial score (nSPS) is 13.4. The highest BCUT2D eigenvalue weighted by molar-refractivity contribution is 5.96. The fourth-order valence-corrected chi connectivity index (χ4v) is 3.26. The Kier molecular flexibility index (Phi) is 3.44. The van der Waals surface area contributed by atoms with Crippen molar-refractivity contribution >= 4 is 23.0 Å². The molecule has 0 saturated carbocycles. The third-order valence-electron chi connectivity index (χ3n) is 4.50. The number of rotatable bonds is 4. The Balaban J connectivity index is 1.52.